The summed E-state index contributed by atoms with van der Waals surface area (Å²) in [7, 11) is 0. The number of carbonyl (C=O) groups excluding carboxylic acids is 1. The normalized spacial score (nSPS) is 14.5. The van der Waals surface area contributed by atoms with E-state index in [0.717, 1.165) is 6.42 Å². The van der Waals surface area contributed by atoms with Crippen molar-refractivity contribution < 1.29 is 9.21 Å². The van der Waals surface area contributed by atoms with Crippen LogP contribution in [-0.2, 0) is 4.79 Å². The van der Waals surface area contributed by atoms with Crippen LogP contribution >= 0.6 is 0 Å². The average molecular weight is 381 g/mol. The van der Waals surface area contributed by atoms with Crippen LogP contribution in [0.4, 0.5) is 5.82 Å². The summed E-state index contributed by atoms with van der Waals surface area (Å²) in [6.07, 6.45) is 7.86. The van der Waals surface area contributed by atoms with Crippen LogP contribution in [0, 0.1) is 12.8 Å². The number of aromatic nitrogens is 4. The van der Waals surface area contributed by atoms with Gasteiger partial charge in [0, 0.05) is 24.2 Å². The fourth-order valence-corrected chi connectivity index (χ4v) is 3.68. The van der Waals surface area contributed by atoms with Crippen LogP contribution in [-0.4, -0.2) is 25.7 Å². The molecule has 3 aromatic heterocycles. The number of aryl methyl sites for hydroxylation is 1. The molecule has 3 aromatic rings. The minimum Gasteiger partial charge on any atom is -0.463 e. The lowest BCUT2D eigenvalue weighted by molar-refractivity contribution is -0.116. The van der Waals surface area contributed by atoms with E-state index in [9.17, 15) is 9.59 Å². The smallest absolute Gasteiger partial charge is 0.252 e. The lowest BCUT2D eigenvalue weighted by atomic mass is 10.0. The Morgan fingerprint density at radius 1 is 1.36 bits per heavy atom. The minimum atomic E-state index is -0.281. The third-order valence-electron chi connectivity index (χ3n) is 5.06. The molecule has 1 aliphatic rings. The summed E-state index contributed by atoms with van der Waals surface area (Å²) < 4.78 is 6.84. The summed E-state index contributed by atoms with van der Waals surface area (Å²) in [5.74, 6) is 1.82. The van der Waals surface area contributed by atoms with Crippen molar-refractivity contribution in [2.24, 2.45) is 5.92 Å². The summed E-state index contributed by atoms with van der Waals surface area (Å²) in [5, 5.41) is 7.38. The predicted octanol–water partition coefficient (Wildman–Crippen LogP) is 3.43. The van der Waals surface area contributed by atoms with Gasteiger partial charge in [-0.1, -0.05) is 25.7 Å². The number of aromatic amines is 1. The molecule has 1 fully saturated rings. The first-order chi connectivity index (χ1) is 13.6. The number of hydrogen-bond donors (Lipinski definition) is 2. The second kappa shape index (κ2) is 7.84. The average Bonchev–Trinajstić information content (AvgIpc) is 3.40. The molecule has 0 saturated heterocycles. The molecule has 0 aliphatic heterocycles. The van der Waals surface area contributed by atoms with E-state index in [-0.39, 0.29) is 17.4 Å². The lowest BCUT2D eigenvalue weighted by Crippen LogP contribution is -2.19. The maximum Gasteiger partial charge on any atom is 0.252 e. The van der Waals surface area contributed by atoms with Gasteiger partial charge in [0.15, 0.2) is 5.76 Å². The van der Waals surface area contributed by atoms with Gasteiger partial charge in [0.1, 0.15) is 11.5 Å². The number of furan rings is 1. The molecular formula is C20H23N5O3. The molecular weight excluding hydrogens is 358 g/mol. The number of amides is 1. The summed E-state index contributed by atoms with van der Waals surface area (Å²) in [4.78, 5) is 31.4. The van der Waals surface area contributed by atoms with Crippen molar-refractivity contribution in [1.29, 1.82) is 0 Å². The zero-order chi connectivity index (χ0) is 19.5. The summed E-state index contributed by atoms with van der Waals surface area (Å²) >= 11 is 0. The molecule has 1 saturated carbocycles. The Labute approximate surface area is 162 Å². The Kier molecular flexibility index (Phi) is 5.10. The molecule has 4 rings (SSSR count). The van der Waals surface area contributed by atoms with E-state index in [1.54, 1.807) is 31.4 Å². The second-order valence-electron chi connectivity index (χ2n) is 7.25. The van der Waals surface area contributed by atoms with Crippen molar-refractivity contribution in [2.75, 3.05) is 5.32 Å². The van der Waals surface area contributed by atoms with Gasteiger partial charge in [0.2, 0.25) is 11.9 Å². The van der Waals surface area contributed by atoms with Crippen LogP contribution in [0.15, 0.2) is 39.7 Å². The van der Waals surface area contributed by atoms with E-state index < -0.39 is 0 Å². The SMILES string of the molecule is Cc1cc(=O)[nH]c(-n2nc(-c3ccco3)cc2NC(=O)CCC2CCCC2)n1. The Morgan fingerprint density at radius 2 is 2.18 bits per heavy atom. The number of H-pyrrole nitrogens is 1. The van der Waals surface area contributed by atoms with Crippen LogP contribution in [0.2, 0.25) is 0 Å². The topological polar surface area (TPSA) is 106 Å². The molecule has 3 heterocycles. The van der Waals surface area contributed by atoms with Crippen LogP contribution < -0.4 is 10.9 Å². The molecule has 8 nitrogen and oxygen atoms in total. The van der Waals surface area contributed by atoms with Gasteiger partial charge in [-0.2, -0.15) is 9.78 Å². The van der Waals surface area contributed by atoms with Crippen molar-refractivity contribution in [3.05, 3.63) is 46.6 Å². The van der Waals surface area contributed by atoms with Crippen molar-refractivity contribution in [2.45, 2.75) is 45.4 Å². The zero-order valence-corrected chi connectivity index (χ0v) is 15.8. The maximum absolute atomic E-state index is 12.5. The molecule has 0 spiro atoms. The molecule has 1 amide bonds. The van der Waals surface area contributed by atoms with Gasteiger partial charge in [-0.3, -0.25) is 14.6 Å². The van der Waals surface area contributed by atoms with Gasteiger partial charge in [-0.25, -0.2) is 4.98 Å². The molecule has 1 aliphatic carbocycles. The number of nitrogens with one attached hydrogen (secondary N) is 2. The summed E-state index contributed by atoms with van der Waals surface area (Å²) in [6.45, 7) is 1.73. The molecule has 0 unspecified atom stereocenters. The second-order valence-corrected chi connectivity index (χ2v) is 7.25. The third kappa shape index (κ3) is 4.05. The lowest BCUT2D eigenvalue weighted by Gasteiger charge is -2.10. The van der Waals surface area contributed by atoms with Crippen molar-refractivity contribution in [3.63, 3.8) is 0 Å². The number of hydrogen-bond acceptors (Lipinski definition) is 5. The van der Waals surface area contributed by atoms with Gasteiger partial charge in [0.25, 0.3) is 5.56 Å². The molecule has 0 bridgehead atoms. The standard InChI is InChI=1S/C20H23N5O3/c1-13-11-19(27)23-20(21-13)25-17(12-15(24-25)16-7-4-10-28-16)22-18(26)9-8-14-5-2-3-6-14/h4,7,10-12,14H,2-3,5-6,8-9H2,1H3,(H,22,26)(H,21,23,27). The fraction of sp³-hybridized carbons (Fsp3) is 0.400. The van der Waals surface area contributed by atoms with Gasteiger partial charge < -0.3 is 9.73 Å². The van der Waals surface area contributed by atoms with Gasteiger partial charge in [0.05, 0.1) is 6.26 Å². The Bertz CT molecular complexity index is 1010. The molecule has 28 heavy (non-hydrogen) atoms. The highest BCUT2D eigenvalue weighted by Crippen LogP contribution is 2.29. The molecule has 0 radical (unpaired) electrons. The highest BCUT2D eigenvalue weighted by atomic mass is 16.3. The summed E-state index contributed by atoms with van der Waals surface area (Å²) in [6, 6.07) is 6.67. The van der Waals surface area contributed by atoms with Crippen LogP contribution in [0.3, 0.4) is 0 Å². The molecule has 2 N–H and O–H groups in total. The predicted molar refractivity (Wildman–Crippen MR) is 104 cm³/mol. The number of anilines is 1. The Hall–Kier alpha value is -3.16. The fourth-order valence-electron chi connectivity index (χ4n) is 3.68. The largest absolute Gasteiger partial charge is 0.463 e. The number of rotatable bonds is 6. The monoisotopic (exact) mass is 381 g/mol. The first-order valence-electron chi connectivity index (χ1n) is 9.60. The van der Waals surface area contributed by atoms with Crippen molar-refractivity contribution >= 4 is 11.7 Å². The molecule has 0 atom stereocenters. The Balaban J connectivity index is 1.60. The number of carbonyl (C=O) groups is 1. The van der Waals surface area contributed by atoms with E-state index in [1.165, 1.54) is 36.4 Å². The van der Waals surface area contributed by atoms with Gasteiger partial charge in [-0.05, 0) is 31.4 Å². The highest BCUT2D eigenvalue weighted by molar-refractivity contribution is 5.90. The van der Waals surface area contributed by atoms with E-state index in [1.807, 2.05) is 0 Å². The van der Waals surface area contributed by atoms with Crippen molar-refractivity contribution in [1.82, 2.24) is 19.7 Å². The molecule has 8 heteroatoms. The maximum atomic E-state index is 12.5. The first kappa shape index (κ1) is 18.2. The van der Waals surface area contributed by atoms with Gasteiger partial charge in [-0.15, -0.1) is 0 Å². The highest BCUT2D eigenvalue weighted by Gasteiger charge is 2.19. The van der Waals surface area contributed by atoms with Crippen LogP contribution in [0.5, 0.6) is 0 Å². The van der Waals surface area contributed by atoms with Crippen LogP contribution in [0.25, 0.3) is 17.4 Å². The quantitative estimate of drug-likeness (QED) is 0.680. The molecule has 146 valence electrons. The van der Waals surface area contributed by atoms with E-state index in [4.69, 9.17) is 4.42 Å². The number of nitrogens with zero attached hydrogens (tertiary/aromatic N) is 3. The Morgan fingerprint density at radius 3 is 2.89 bits per heavy atom. The first-order valence-corrected chi connectivity index (χ1v) is 9.60. The minimum absolute atomic E-state index is 0.0750. The molecule has 0 aromatic carbocycles. The van der Waals surface area contributed by atoms with E-state index >= 15 is 0 Å². The van der Waals surface area contributed by atoms with E-state index in [0.29, 0.717) is 35.3 Å². The van der Waals surface area contributed by atoms with Gasteiger partial charge >= 0.3 is 0 Å². The van der Waals surface area contributed by atoms with Crippen LogP contribution in [0.1, 0.15) is 44.2 Å². The third-order valence-corrected chi connectivity index (χ3v) is 5.06. The van der Waals surface area contributed by atoms with Crippen molar-refractivity contribution in [3.8, 4) is 17.4 Å². The zero-order valence-electron chi connectivity index (χ0n) is 15.8. The summed E-state index contributed by atoms with van der Waals surface area (Å²) in [5.41, 5.74) is 0.823. The van der Waals surface area contributed by atoms with E-state index in [2.05, 4.69) is 20.4 Å².